The fraction of sp³-hybridized carbons (Fsp3) is 0.353. The first-order valence-corrected chi connectivity index (χ1v) is 9.38. The largest absolute Gasteiger partial charge is 0.459 e. The number of nitrogens with zero attached hydrogens (tertiary/aromatic N) is 1. The number of piperidine rings is 1. The van der Waals surface area contributed by atoms with Gasteiger partial charge in [0, 0.05) is 24.3 Å². The zero-order chi connectivity index (χ0) is 17.2. The molecule has 1 aliphatic rings. The van der Waals surface area contributed by atoms with Crippen LogP contribution in [0, 0.1) is 6.92 Å². The van der Waals surface area contributed by atoms with Crippen molar-refractivity contribution in [2.45, 2.75) is 31.1 Å². The van der Waals surface area contributed by atoms with Crippen molar-refractivity contribution in [3.8, 4) is 0 Å². The van der Waals surface area contributed by atoms with Gasteiger partial charge in [-0.25, -0.2) is 8.42 Å². The summed E-state index contributed by atoms with van der Waals surface area (Å²) in [5.74, 6) is -0.177. The van der Waals surface area contributed by atoms with E-state index in [1.165, 1.54) is 16.6 Å². The van der Waals surface area contributed by atoms with E-state index in [1.807, 2.05) is 0 Å². The van der Waals surface area contributed by atoms with Crippen molar-refractivity contribution in [1.29, 1.82) is 0 Å². The third-order valence-corrected chi connectivity index (χ3v) is 6.01. The molecule has 128 valence electrons. The van der Waals surface area contributed by atoms with Crippen LogP contribution in [0.2, 0.25) is 0 Å². The van der Waals surface area contributed by atoms with Crippen LogP contribution in [0.3, 0.4) is 0 Å². The van der Waals surface area contributed by atoms with E-state index in [2.05, 4.69) is 5.32 Å². The van der Waals surface area contributed by atoms with Crippen LogP contribution in [0.5, 0.6) is 0 Å². The Balaban J connectivity index is 1.81. The lowest BCUT2D eigenvalue weighted by molar-refractivity contribution is 0.0996. The zero-order valence-corrected chi connectivity index (χ0v) is 14.3. The van der Waals surface area contributed by atoms with Gasteiger partial charge in [-0.2, -0.15) is 4.31 Å². The summed E-state index contributed by atoms with van der Waals surface area (Å²) in [5.41, 5.74) is 1.15. The molecule has 3 rings (SSSR count). The lowest BCUT2D eigenvalue weighted by Crippen LogP contribution is -2.35. The number of carbonyl (C=O) groups excluding carboxylic acids is 1. The van der Waals surface area contributed by atoms with E-state index in [0.29, 0.717) is 18.8 Å². The van der Waals surface area contributed by atoms with E-state index in [1.54, 1.807) is 31.2 Å². The normalized spacial score (nSPS) is 16.0. The molecule has 24 heavy (non-hydrogen) atoms. The summed E-state index contributed by atoms with van der Waals surface area (Å²) in [7, 11) is -3.52. The number of hydrogen-bond acceptors (Lipinski definition) is 4. The van der Waals surface area contributed by atoms with Gasteiger partial charge in [-0.05, 0) is 44.0 Å². The third kappa shape index (κ3) is 3.37. The van der Waals surface area contributed by atoms with Crippen LogP contribution in [-0.4, -0.2) is 31.7 Å². The molecule has 0 radical (unpaired) electrons. The lowest BCUT2D eigenvalue weighted by atomic mass is 10.2. The summed E-state index contributed by atoms with van der Waals surface area (Å²) < 4.78 is 32.1. The maximum absolute atomic E-state index is 12.7. The second-order valence-corrected chi connectivity index (χ2v) is 7.82. The average molecular weight is 348 g/mol. The number of anilines is 1. The quantitative estimate of drug-likeness (QED) is 0.921. The number of aryl methyl sites for hydroxylation is 1. The van der Waals surface area contributed by atoms with Crippen LogP contribution < -0.4 is 5.32 Å². The molecule has 2 aromatic rings. The van der Waals surface area contributed by atoms with Crippen molar-refractivity contribution in [2.24, 2.45) is 0 Å². The molecule has 1 N–H and O–H groups in total. The maximum atomic E-state index is 12.7. The molecule has 1 aliphatic heterocycles. The van der Waals surface area contributed by atoms with Crippen LogP contribution in [0.1, 0.15) is 35.4 Å². The highest BCUT2D eigenvalue weighted by atomic mass is 32.2. The molecule has 1 saturated heterocycles. The summed E-state index contributed by atoms with van der Waals surface area (Å²) >= 11 is 0. The molecule has 2 heterocycles. The van der Waals surface area contributed by atoms with E-state index < -0.39 is 15.9 Å². The SMILES string of the molecule is Cc1ccoc1C(=O)Nc1cccc(S(=O)(=O)N2CCCCC2)c1. The highest BCUT2D eigenvalue weighted by Crippen LogP contribution is 2.23. The van der Waals surface area contributed by atoms with Gasteiger partial charge in [0.1, 0.15) is 0 Å². The van der Waals surface area contributed by atoms with Crippen LogP contribution in [0.4, 0.5) is 5.69 Å². The first-order valence-electron chi connectivity index (χ1n) is 7.94. The molecule has 0 bridgehead atoms. The summed E-state index contributed by atoms with van der Waals surface area (Å²) in [5, 5.41) is 2.68. The lowest BCUT2D eigenvalue weighted by Gasteiger charge is -2.26. The van der Waals surface area contributed by atoms with Crippen molar-refractivity contribution < 1.29 is 17.6 Å². The number of nitrogens with one attached hydrogen (secondary N) is 1. The van der Waals surface area contributed by atoms with Gasteiger partial charge in [-0.3, -0.25) is 4.79 Å². The van der Waals surface area contributed by atoms with Crippen LogP contribution in [-0.2, 0) is 10.0 Å². The molecule has 1 aromatic heterocycles. The van der Waals surface area contributed by atoms with E-state index in [-0.39, 0.29) is 10.7 Å². The van der Waals surface area contributed by atoms with Gasteiger partial charge in [0.15, 0.2) is 5.76 Å². The monoisotopic (exact) mass is 348 g/mol. The minimum absolute atomic E-state index is 0.193. The molecular formula is C17H20N2O4S. The molecule has 1 amide bonds. The molecule has 7 heteroatoms. The Kier molecular flexibility index (Phi) is 4.73. The minimum atomic E-state index is -3.52. The summed E-state index contributed by atoms with van der Waals surface area (Å²) in [6, 6.07) is 8.02. The molecule has 0 aliphatic carbocycles. The smallest absolute Gasteiger partial charge is 0.291 e. The van der Waals surface area contributed by atoms with Gasteiger partial charge in [-0.1, -0.05) is 12.5 Å². The minimum Gasteiger partial charge on any atom is -0.459 e. The van der Waals surface area contributed by atoms with E-state index >= 15 is 0 Å². The Morgan fingerprint density at radius 2 is 1.92 bits per heavy atom. The van der Waals surface area contributed by atoms with Crippen molar-refractivity contribution in [2.75, 3.05) is 18.4 Å². The molecule has 6 nitrogen and oxygen atoms in total. The first kappa shape index (κ1) is 16.7. The van der Waals surface area contributed by atoms with Crippen molar-refractivity contribution in [3.63, 3.8) is 0 Å². The summed E-state index contributed by atoms with van der Waals surface area (Å²) in [4.78, 5) is 12.4. The molecule has 0 saturated carbocycles. The number of amides is 1. The number of carbonyl (C=O) groups is 1. The Labute approximate surface area is 141 Å². The standard InChI is InChI=1S/C17H20N2O4S/c1-13-8-11-23-16(13)17(20)18-14-6-5-7-15(12-14)24(21,22)19-9-3-2-4-10-19/h5-8,11-12H,2-4,9-10H2,1H3,(H,18,20). The molecule has 0 unspecified atom stereocenters. The predicted octanol–water partition coefficient (Wildman–Crippen LogP) is 3.01. The highest BCUT2D eigenvalue weighted by molar-refractivity contribution is 7.89. The number of furan rings is 1. The van der Waals surface area contributed by atoms with Crippen molar-refractivity contribution in [1.82, 2.24) is 4.31 Å². The third-order valence-electron chi connectivity index (χ3n) is 4.11. The van der Waals surface area contributed by atoms with Crippen LogP contribution in [0.15, 0.2) is 45.9 Å². The summed E-state index contributed by atoms with van der Waals surface area (Å²) in [6.45, 7) is 2.87. The summed E-state index contributed by atoms with van der Waals surface area (Å²) in [6.07, 6.45) is 4.27. The first-order chi connectivity index (χ1) is 11.5. The average Bonchev–Trinajstić information content (AvgIpc) is 3.02. The number of rotatable bonds is 4. The Morgan fingerprint density at radius 1 is 1.17 bits per heavy atom. The number of sulfonamides is 1. The van der Waals surface area contributed by atoms with Gasteiger partial charge in [-0.15, -0.1) is 0 Å². The predicted molar refractivity (Wildman–Crippen MR) is 90.5 cm³/mol. The van der Waals surface area contributed by atoms with Gasteiger partial charge in [0.25, 0.3) is 5.91 Å². The molecule has 0 spiro atoms. The van der Waals surface area contributed by atoms with Gasteiger partial charge in [0.2, 0.25) is 10.0 Å². The van der Waals surface area contributed by atoms with Gasteiger partial charge >= 0.3 is 0 Å². The Hall–Kier alpha value is -2.12. The second-order valence-electron chi connectivity index (χ2n) is 5.88. The van der Waals surface area contributed by atoms with Crippen molar-refractivity contribution in [3.05, 3.63) is 47.9 Å². The second kappa shape index (κ2) is 6.78. The number of benzene rings is 1. The van der Waals surface area contributed by atoms with E-state index in [9.17, 15) is 13.2 Å². The van der Waals surface area contributed by atoms with E-state index in [0.717, 1.165) is 24.8 Å². The molecule has 1 fully saturated rings. The topological polar surface area (TPSA) is 79.6 Å². The van der Waals surface area contributed by atoms with E-state index in [4.69, 9.17) is 4.42 Å². The molecular weight excluding hydrogens is 328 g/mol. The fourth-order valence-corrected chi connectivity index (χ4v) is 4.35. The zero-order valence-electron chi connectivity index (χ0n) is 13.5. The van der Waals surface area contributed by atoms with Gasteiger partial charge in [0.05, 0.1) is 11.2 Å². The fourth-order valence-electron chi connectivity index (χ4n) is 2.78. The molecule has 1 aromatic carbocycles. The van der Waals surface area contributed by atoms with Crippen molar-refractivity contribution >= 4 is 21.6 Å². The Bertz CT molecular complexity index is 836. The maximum Gasteiger partial charge on any atom is 0.291 e. The van der Waals surface area contributed by atoms with Crippen LogP contribution in [0.25, 0.3) is 0 Å². The van der Waals surface area contributed by atoms with Gasteiger partial charge < -0.3 is 9.73 Å². The molecule has 0 atom stereocenters. The number of hydrogen-bond donors (Lipinski definition) is 1. The Morgan fingerprint density at radius 3 is 2.58 bits per heavy atom. The highest BCUT2D eigenvalue weighted by Gasteiger charge is 2.26. The van der Waals surface area contributed by atoms with Crippen LogP contribution >= 0.6 is 0 Å².